The first-order chi connectivity index (χ1) is 26.3. The number of pyridine rings is 1. The van der Waals surface area contributed by atoms with Crippen LogP contribution in [0.3, 0.4) is 0 Å². The first-order valence-corrected chi connectivity index (χ1v) is 20.5. The van der Waals surface area contributed by atoms with Gasteiger partial charge in [-0.25, -0.2) is 9.19 Å². The Balaban J connectivity index is 1.34. The maximum absolute atomic E-state index is 14.6. The molecule has 0 bridgehead atoms. The van der Waals surface area contributed by atoms with Crippen LogP contribution in [0.2, 0.25) is 0 Å². The van der Waals surface area contributed by atoms with Crippen LogP contribution in [-0.2, 0) is 30.2 Å². The van der Waals surface area contributed by atoms with Gasteiger partial charge in [0.2, 0.25) is 17.7 Å². The normalized spacial score (nSPS) is 26.6. The molecule has 15 nitrogen and oxygen atoms in total. The summed E-state index contributed by atoms with van der Waals surface area (Å²) >= 11 is 0. The van der Waals surface area contributed by atoms with Crippen molar-refractivity contribution in [3.8, 4) is 17.4 Å². The Labute approximate surface area is 324 Å². The highest BCUT2D eigenvalue weighted by Gasteiger charge is 2.62. The molecule has 2 aromatic rings. The number of rotatable bonds is 11. The highest BCUT2D eigenvalue weighted by Crippen LogP contribution is 2.48. The van der Waals surface area contributed by atoms with E-state index in [0.29, 0.717) is 47.5 Å². The van der Waals surface area contributed by atoms with Crippen molar-refractivity contribution in [2.45, 2.75) is 126 Å². The number of hydrogen-bond acceptors (Lipinski definition) is 11. The minimum Gasteiger partial charge on any atom is -0.496 e. The van der Waals surface area contributed by atoms with E-state index < -0.39 is 64.1 Å². The van der Waals surface area contributed by atoms with Gasteiger partial charge in [0.05, 0.1) is 36.7 Å². The van der Waals surface area contributed by atoms with Gasteiger partial charge in [-0.15, -0.1) is 0 Å². The van der Waals surface area contributed by atoms with Gasteiger partial charge in [0.1, 0.15) is 51.9 Å². The molecule has 0 spiro atoms. The second kappa shape index (κ2) is 17.0. The second-order valence-corrected chi connectivity index (χ2v) is 16.8. The van der Waals surface area contributed by atoms with Crippen LogP contribution >= 0.6 is 0 Å². The van der Waals surface area contributed by atoms with Gasteiger partial charge >= 0.3 is 0 Å². The van der Waals surface area contributed by atoms with E-state index in [0.717, 1.165) is 56.7 Å². The largest absolute Gasteiger partial charge is 0.496 e. The fourth-order valence-electron chi connectivity index (χ4n) is 7.70. The summed E-state index contributed by atoms with van der Waals surface area (Å²) in [6, 6.07) is 3.29. The third-order valence-corrected chi connectivity index (χ3v) is 12.3. The van der Waals surface area contributed by atoms with E-state index in [1.165, 1.54) is 11.9 Å². The average molecular weight is 780 g/mol. The van der Waals surface area contributed by atoms with E-state index in [1.54, 1.807) is 13.2 Å². The van der Waals surface area contributed by atoms with Gasteiger partial charge in [-0.05, 0) is 70.9 Å². The number of nitrogens with zero attached hydrogens (tertiary/aromatic N) is 3. The average Bonchev–Trinajstić information content (AvgIpc) is 4.07. The number of amides is 4. The van der Waals surface area contributed by atoms with Gasteiger partial charge in [0.15, 0.2) is 0 Å². The van der Waals surface area contributed by atoms with Crippen LogP contribution in [0.4, 0.5) is 0 Å². The summed E-state index contributed by atoms with van der Waals surface area (Å²) in [5.41, 5.74) is -0.227. The molecule has 16 heteroatoms. The lowest BCUT2D eigenvalue weighted by molar-refractivity contribution is -0.142. The van der Waals surface area contributed by atoms with Crippen molar-refractivity contribution in [3.05, 3.63) is 23.8 Å². The number of aryl methyl sites for hydroxylation is 1. The van der Waals surface area contributed by atoms with Gasteiger partial charge in [0, 0.05) is 30.5 Å². The number of aromatic nitrogens is 1. The first-order valence-electron chi connectivity index (χ1n) is 19.3. The number of hydrogen-bond donors (Lipinski definition) is 4. The number of nitrogens with one attached hydrogen (secondary N) is 4. The summed E-state index contributed by atoms with van der Waals surface area (Å²) in [5.74, 6) is -0.914. The second-order valence-electron chi connectivity index (χ2n) is 15.4. The SMILES string of the molecule is CN=CC(=N)C(=O)NC1CCCCCCCC2CC2(C(=O)NS(=O)C2CC2)NC(=O)C2CC(Oc3cc(OC(C)C)nc4c(C)c(OC)ccc34)CN2C1=O. The van der Waals surface area contributed by atoms with Crippen molar-refractivity contribution in [3.63, 3.8) is 0 Å². The molecule has 3 heterocycles. The van der Waals surface area contributed by atoms with Crippen LogP contribution in [0.25, 0.3) is 10.9 Å². The molecule has 55 heavy (non-hydrogen) atoms. The van der Waals surface area contributed by atoms with Gasteiger partial charge in [-0.2, -0.15) is 0 Å². The molecule has 2 saturated carbocycles. The molecule has 1 aromatic carbocycles. The summed E-state index contributed by atoms with van der Waals surface area (Å²) in [5, 5.41) is 14.5. The van der Waals surface area contributed by atoms with Crippen molar-refractivity contribution < 1.29 is 37.6 Å². The number of ether oxygens (including phenoxy) is 3. The molecule has 2 saturated heterocycles. The standard InChI is InChI=1S/C39H53N7O8S/c1-22(2)53-33-18-32(27-15-16-31(52-5)23(3)34(27)43-33)54-25-17-30-36(48)44-39(38(50)45-55(51)26-13-14-26)19-24(39)11-9-7-6-8-10-12-29(37(49)46(30)21-25)42-35(47)28(40)20-41-4/h15-16,18,20,22,24-26,29-30,40H,6-14,17,19,21H2,1-5H3,(H,42,47)(H,44,48)(H,45,50). The quantitative estimate of drug-likeness (QED) is 0.247. The summed E-state index contributed by atoms with van der Waals surface area (Å²) in [6.07, 6.45) is 7.48. The third-order valence-electron chi connectivity index (χ3n) is 10.9. The molecule has 2 aliphatic heterocycles. The molecular formula is C39H53N7O8S. The molecule has 2 aliphatic carbocycles. The van der Waals surface area contributed by atoms with E-state index in [-0.39, 0.29) is 30.2 Å². The fraction of sp³-hybridized carbons (Fsp3) is 0.615. The number of carbonyl (C=O) groups is 4. The van der Waals surface area contributed by atoms with E-state index >= 15 is 0 Å². The van der Waals surface area contributed by atoms with E-state index in [9.17, 15) is 23.4 Å². The molecule has 4 N–H and O–H groups in total. The maximum Gasteiger partial charge on any atom is 0.271 e. The number of fused-ring (bicyclic) bond motifs is 3. The number of carbonyl (C=O) groups excluding carboxylic acids is 4. The first kappa shape index (κ1) is 40.1. The highest BCUT2D eigenvalue weighted by molar-refractivity contribution is 7.84. The molecule has 4 amide bonds. The molecule has 4 aliphatic rings. The molecule has 6 rings (SSSR count). The van der Waals surface area contributed by atoms with Gasteiger partial charge < -0.3 is 29.7 Å². The zero-order chi connectivity index (χ0) is 39.4. The molecule has 298 valence electrons. The minimum atomic E-state index is -1.54. The summed E-state index contributed by atoms with van der Waals surface area (Å²) in [4.78, 5) is 65.8. The van der Waals surface area contributed by atoms with Gasteiger partial charge in [-0.1, -0.05) is 32.1 Å². The maximum atomic E-state index is 14.6. The van der Waals surface area contributed by atoms with E-state index in [2.05, 4.69) is 20.3 Å². The summed E-state index contributed by atoms with van der Waals surface area (Å²) in [6.45, 7) is 5.68. The van der Waals surface area contributed by atoms with Crippen molar-refractivity contribution >= 4 is 57.4 Å². The topological polar surface area (TPSA) is 201 Å². The molecule has 1 aromatic heterocycles. The molecular weight excluding hydrogens is 727 g/mol. The van der Waals surface area contributed by atoms with Crippen LogP contribution in [0, 0.1) is 18.3 Å². The van der Waals surface area contributed by atoms with Crippen molar-refractivity contribution in [1.82, 2.24) is 25.2 Å². The Morgan fingerprint density at radius 2 is 1.84 bits per heavy atom. The van der Waals surface area contributed by atoms with E-state index in [4.69, 9.17) is 24.6 Å². The Kier molecular flexibility index (Phi) is 12.4. The smallest absolute Gasteiger partial charge is 0.271 e. The molecule has 0 radical (unpaired) electrons. The predicted octanol–water partition coefficient (Wildman–Crippen LogP) is 3.45. The molecule has 6 atom stereocenters. The number of benzene rings is 1. The fourth-order valence-corrected chi connectivity index (χ4v) is 8.80. The lowest BCUT2D eigenvalue weighted by atomic mass is 10.0. The van der Waals surface area contributed by atoms with Crippen LogP contribution in [0.5, 0.6) is 17.4 Å². The van der Waals surface area contributed by atoms with Crippen molar-refractivity contribution in [2.75, 3.05) is 20.7 Å². The number of aliphatic imine (C=N–C) groups is 1. The van der Waals surface area contributed by atoms with Crippen molar-refractivity contribution in [1.29, 1.82) is 5.41 Å². The Morgan fingerprint density at radius 3 is 2.53 bits per heavy atom. The lowest BCUT2D eigenvalue weighted by Crippen LogP contribution is -2.58. The van der Waals surface area contributed by atoms with Crippen LogP contribution < -0.4 is 29.6 Å². The number of methoxy groups -OCH3 is 1. The summed E-state index contributed by atoms with van der Waals surface area (Å²) < 4.78 is 33.7. The highest BCUT2D eigenvalue weighted by atomic mass is 32.2. The minimum absolute atomic E-state index is 0.00476. The molecule has 4 fully saturated rings. The van der Waals surface area contributed by atoms with Gasteiger partial charge in [-0.3, -0.25) is 34.3 Å². The summed E-state index contributed by atoms with van der Waals surface area (Å²) in [7, 11) is 1.50. The van der Waals surface area contributed by atoms with Crippen LogP contribution in [0.1, 0.15) is 90.0 Å². The molecule has 6 unspecified atom stereocenters. The van der Waals surface area contributed by atoms with E-state index in [1.807, 2.05) is 32.9 Å². The Morgan fingerprint density at radius 1 is 1.11 bits per heavy atom. The Hall–Kier alpha value is -4.60. The zero-order valence-corrected chi connectivity index (χ0v) is 33.1. The van der Waals surface area contributed by atoms with Crippen LogP contribution in [0.15, 0.2) is 23.2 Å². The van der Waals surface area contributed by atoms with Gasteiger partial charge in [0.25, 0.3) is 11.8 Å². The zero-order valence-electron chi connectivity index (χ0n) is 32.3. The monoisotopic (exact) mass is 779 g/mol. The Bertz CT molecular complexity index is 1880. The third kappa shape index (κ3) is 9.11. The van der Waals surface area contributed by atoms with Crippen LogP contribution in [-0.4, -0.2) is 105 Å². The van der Waals surface area contributed by atoms with Crippen molar-refractivity contribution in [2.24, 2.45) is 10.9 Å². The lowest BCUT2D eigenvalue weighted by Gasteiger charge is -2.30. The predicted molar refractivity (Wildman–Crippen MR) is 208 cm³/mol.